The Bertz CT molecular complexity index is 502. The fourth-order valence-corrected chi connectivity index (χ4v) is 2.45. The molecule has 0 saturated carbocycles. The number of nitrogens with zero attached hydrogens (tertiary/aromatic N) is 2. The summed E-state index contributed by atoms with van der Waals surface area (Å²) in [6.45, 7) is 6.57. The van der Waals surface area contributed by atoms with Crippen LogP contribution in [0.2, 0.25) is 0 Å². The summed E-state index contributed by atoms with van der Waals surface area (Å²) in [5, 5.41) is 0. The summed E-state index contributed by atoms with van der Waals surface area (Å²) in [6.07, 6.45) is 4.76. The zero-order chi connectivity index (χ0) is 13.8. The van der Waals surface area contributed by atoms with Crippen molar-refractivity contribution < 1.29 is 0 Å². The maximum atomic E-state index is 6.30. The second-order valence-electron chi connectivity index (χ2n) is 5.55. The monoisotopic (exact) mass is 257 g/mol. The standard InChI is InChI=1S/C16H23N3/c1-12(2)9-15(17)16-10-18-11-19(16)13(3)14-7-5-4-6-8-14/h4-8,10-13,15H,9,17H2,1-3H3. The van der Waals surface area contributed by atoms with Gasteiger partial charge >= 0.3 is 0 Å². The molecule has 0 aliphatic heterocycles. The Kier molecular flexibility index (Phi) is 4.38. The van der Waals surface area contributed by atoms with E-state index in [9.17, 15) is 0 Å². The lowest BCUT2D eigenvalue weighted by Crippen LogP contribution is -2.19. The largest absolute Gasteiger partial charge is 0.326 e. The molecule has 0 bridgehead atoms. The molecule has 0 aliphatic carbocycles. The summed E-state index contributed by atoms with van der Waals surface area (Å²) < 4.78 is 2.18. The van der Waals surface area contributed by atoms with Crippen molar-refractivity contribution in [2.45, 2.75) is 39.3 Å². The second-order valence-corrected chi connectivity index (χ2v) is 5.55. The van der Waals surface area contributed by atoms with Crippen molar-refractivity contribution in [2.24, 2.45) is 11.7 Å². The summed E-state index contributed by atoms with van der Waals surface area (Å²) >= 11 is 0. The second kappa shape index (κ2) is 6.02. The third kappa shape index (κ3) is 3.24. The van der Waals surface area contributed by atoms with Crippen molar-refractivity contribution in [1.82, 2.24) is 9.55 Å². The summed E-state index contributed by atoms with van der Waals surface area (Å²) in [6, 6.07) is 10.8. The SMILES string of the molecule is CC(C)CC(N)c1cncn1C(C)c1ccccc1. The Morgan fingerprint density at radius 3 is 2.47 bits per heavy atom. The highest BCUT2D eigenvalue weighted by atomic mass is 15.1. The van der Waals surface area contributed by atoms with Gasteiger partial charge in [0.2, 0.25) is 0 Å². The number of hydrogen-bond donors (Lipinski definition) is 1. The first-order valence-corrected chi connectivity index (χ1v) is 6.91. The highest BCUT2D eigenvalue weighted by molar-refractivity contribution is 5.21. The van der Waals surface area contributed by atoms with Crippen LogP contribution >= 0.6 is 0 Å². The number of rotatable bonds is 5. The lowest BCUT2D eigenvalue weighted by molar-refractivity contribution is 0.475. The molecule has 2 unspecified atom stereocenters. The van der Waals surface area contributed by atoms with Crippen molar-refractivity contribution in [3.05, 3.63) is 54.1 Å². The Morgan fingerprint density at radius 1 is 1.16 bits per heavy atom. The van der Waals surface area contributed by atoms with Gasteiger partial charge in [-0.2, -0.15) is 0 Å². The lowest BCUT2D eigenvalue weighted by Gasteiger charge is -2.21. The fraction of sp³-hybridized carbons (Fsp3) is 0.438. The summed E-state index contributed by atoms with van der Waals surface area (Å²) in [5.74, 6) is 0.588. The Hall–Kier alpha value is -1.61. The van der Waals surface area contributed by atoms with Crippen molar-refractivity contribution in [3.63, 3.8) is 0 Å². The van der Waals surface area contributed by atoms with E-state index in [4.69, 9.17) is 5.73 Å². The predicted octanol–water partition coefficient (Wildman–Crippen LogP) is 3.54. The van der Waals surface area contributed by atoms with Gasteiger partial charge in [-0.3, -0.25) is 0 Å². The van der Waals surface area contributed by atoms with E-state index in [0.29, 0.717) is 5.92 Å². The number of nitrogens with two attached hydrogens (primary N) is 1. The number of imidazole rings is 1. The third-order valence-electron chi connectivity index (χ3n) is 3.50. The third-order valence-corrected chi connectivity index (χ3v) is 3.50. The van der Waals surface area contributed by atoms with Crippen LogP contribution in [0, 0.1) is 5.92 Å². The van der Waals surface area contributed by atoms with Crippen LogP contribution in [0.1, 0.15) is 50.5 Å². The summed E-state index contributed by atoms with van der Waals surface area (Å²) in [4.78, 5) is 4.28. The molecule has 0 aliphatic rings. The van der Waals surface area contributed by atoms with E-state index in [-0.39, 0.29) is 12.1 Å². The zero-order valence-corrected chi connectivity index (χ0v) is 12.0. The van der Waals surface area contributed by atoms with E-state index in [2.05, 4.69) is 54.6 Å². The van der Waals surface area contributed by atoms with Crippen LogP contribution in [0.25, 0.3) is 0 Å². The Labute approximate surface area is 115 Å². The molecule has 2 N–H and O–H groups in total. The molecular formula is C16H23N3. The molecule has 0 fully saturated rings. The van der Waals surface area contributed by atoms with E-state index in [1.54, 1.807) is 0 Å². The van der Waals surface area contributed by atoms with Gasteiger partial charge in [0.1, 0.15) is 0 Å². The summed E-state index contributed by atoms with van der Waals surface area (Å²) in [5.41, 5.74) is 8.69. The van der Waals surface area contributed by atoms with Crippen LogP contribution < -0.4 is 5.73 Å². The molecule has 2 rings (SSSR count). The van der Waals surface area contributed by atoms with Gasteiger partial charge in [-0.25, -0.2) is 4.98 Å². The van der Waals surface area contributed by atoms with Crippen molar-refractivity contribution in [3.8, 4) is 0 Å². The van der Waals surface area contributed by atoms with Gasteiger partial charge in [0, 0.05) is 12.2 Å². The van der Waals surface area contributed by atoms with E-state index in [0.717, 1.165) is 12.1 Å². The van der Waals surface area contributed by atoms with Crippen LogP contribution in [0.5, 0.6) is 0 Å². The zero-order valence-electron chi connectivity index (χ0n) is 12.0. The van der Waals surface area contributed by atoms with E-state index in [1.165, 1.54) is 5.56 Å². The van der Waals surface area contributed by atoms with E-state index < -0.39 is 0 Å². The molecule has 0 saturated heterocycles. The van der Waals surface area contributed by atoms with Gasteiger partial charge < -0.3 is 10.3 Å². The maximum Gasteiger partial charge on any atom is 0.0954 e. The highest BCUT2D eigenvalue weighted by Crippen LogP contribution is 2.24. The molecule has 102 valence electrons. The first kappa shape index (κ1) is 13.8. The molecule has 0 radical (unpaired) electrons. The van der Waals surface area contributed by atoms with Gasteiger partial charge in [0.05, 0.1) is 18.1 Å². The number of benzene rings is 1. The van der Waals surface area contributed by atoms with E-state index in [1.807, 2.05) is 18.6 Å². The minimum Gasteiger partial charge on any atom is -0.326 e. The average Bonchev–Trinajstić information content (AvgIpc) is 2.87. The van der Waals surface area contributed by atoms with Crippen molar-refractivity contribution >= 4 is 0 Å². The molecular weight excluding hydrogens is 234 g/mol. The highest BCUT2D eigenvalue weighted by Gasteiger charge is 2.17. The first-order valence-electron chi connectivity index (χ1n) is 6.91. The topological polar surface area (TPSA) is 43.8 Å². The van der Waals surface area contributed by atoms with Gasteiger partial charge in [-0.1, -0.05) is 44.2 Å². The first-order chi connectivity index (χ1) is 9.09. The van der Waals surface area contributed by atoms with Crippen LogP contribution in [-0.4, -0.2) is 9.55 Å². The molecule has 19 heavy (non-hydrogen) atoms. The van der Waals surface area contributed by atoms with Gasteiger partial charge in [0.15, 0.2) is 0 Å². The van der Waals surface area contributed by atoms with Crippen molar-refractivity contribution in [1.29, 1.82) is 0 Å². The minimum absolute atomic E-state index is 0.0497. The number of hydrogen-bond acceptors (Lipinski definition) is 2. The quantitative estimate of drug-likeness (QED) is 0.890. The molecule has 0 spiro atoms. The smallest absolute Gasteiger partial charge is 0.0954 e. The van der Waals surface area contributed by atoms with Gasteiger partial charge in [0.25, 0.3) is 0 Å². The molecule has 1 aromatic heterocycles. The van der Waals surface area contributed by atoms with E-state index >= 15 is 0 Å². The van der Waals surface area contributed by atoms with Crippen LogP contribution in [0.15, 0.2) is 42.9 Å². The molecule has 2 aromatic rings. The summed E-state index contributed by atoms with van der Waals surface area (Å²) in [7, 11) is 0. The molecule has 0 amide bonds. The Balaban J connectivity index is 2.24. The van der Waals surface area contributed by atoms with Gasteiger partial charge in [-0.15, -0.1) is 0 Å². The molecule has 3 nitrogen and oxygen atoms in total. The van der Waals surface area contributed by atoms with Crippen molar-refractivity contribution in [2.75, 3.05) is 0 Å². The predicted molar refractivity (Wildman–Crippen MR) is 78.9 cm³/mol. The fourth-order valence-electron chi connectivity index (χ4n) is 2.45. The minimum atomic E-state index is 0.0497. The molecule has 3 heteroatoms. The lowest BCUT2D eigenvalue weighted by atomic mass is 10.0. The average molecular weight is 257 g/mol. The normalized spacial score (nSPS) is 14.6. The molecule has 2 atom stereocenters. The van der Waals surface area contributed by atoms with Crippen LogP contribution in [-0.2, 0) is 0 Å². The molecule has 1 aromatic carbocycles. The van der Waals surface area contributed by atoms with Crippen LogP contribution in [0.3, 0.4) is 0 Å². The van der Waals surface area contributed by atoms with Gasteiger partial charge in [-0.05, 0) is 24.8 Å². The Morgan fingerprint density at radius 2 is 1.84 bits per heavy atom. The molecule has 1 heterocycles. The maximum absolute atomic E-state index is 6.30. The number of aromatic nitrogens is 2. The van der Waals surface area contributed by atoms with Crippen LogP contribution in [0.4, 0.5) is 0 Å².